The van der Waals surface area contributed by atoms with Crippen molar-refractivity contribution in [3.05, 3.63) is 59.2 Å². The Morgan fingerprint density at radius 1 is 1.17 bits per heavy atom. The van der Waals surface area contributed by atoms with E-state index in [-0.39, 0.29) is 5.91 Å². The van der Waals surface area contributed by atoms with E-state index in [1.807, 2.05) is 48.2 Å². The highest BCUT2D eigenvalue weighted by Crippen LogP contribution is 2.22. The summed E-state index contributed by atoms with van der Waals surface area (Å²) in [4.78, 5) is 14.5. The van der Waals surface area contributed by atoms with Crippen LogP contribution in [0.4, 0.5) is 5.69 Å². The molecule has 0 atom stereocenters. The summed E-state index contributed by atoms with van der Waals surface area (Å²) >= 11 is 0. The van der Waals surface area contributed by atoms with Crippen molar-refractivity contribution in [2.75, 3.05) is 18.9 Å². The number of ether oxygens (including phenoxy) is 1. The summed E-state index contributed by atoms with van der Waals surface area (Å²) in [5.74, 6) is 0.994. The molecule has 0 aliphatic carbocycles. The molecule has 0 fully saturated rings. The van der Waals surface area contributed by atoms with Crippen LogP contribution in [0.25, 0.3) is 0 Å². The number of carbonyl (C=O) groups excluding carboxylic acids is 1. The van der Waals surface area contributed by atoms with Crippen LogP contribution in [0.3, 0.4) is 0 Å². The summed E-state index contributed by atoms with van der Waals surface area (Å²) in [5, 5.41) is 0. The molecule has 1 amide bonds. The Balaban J connectivity index is 1.65. The molecule has 1 aliphatic rings. The average Bonchev–Trinajstić information content (AvgIpc) is 2.56. The molecule has 2 aromatic carbocycles. The van der Waals surface area contributed by atoms with Gasteiger partial charge in [0.1, 0.15) is 5.75 Å². The summed E-state index contributed by atoms with van der Waals surface area (Å²) in [6.07, 6.45) is 1.31. The lowest BCUT2D eigenvalue weighted by Gasteiger charge is -2.29. The monoisotopic (exact) mass is 310 g/mol. The molecule has 120 valence electrons. The largest absolute Gasteiger partial charge is 0.494 e. The molecule has 4 heteroatoms. The van der Waals surface area contributed by atoms with E-state index in [0.29, 0.717) is 19.6 Å². The van der Waals surface area contributed by atoms with Crippen LogP contribution >= 0.6 is 0 Å². The van der Waals surface area contributed by atoms with E-state index in [2.05, 4.69) is 6.07 Å². The first-order valence-electron chi connectivity index (χ1n) is 8.02. The van der Waals surface area contributed by atoms with Crippen LogP contribution in [0.15, 0.2) is 42.5 Å². The molecular weight excluding hydrogens is 288 g/mol. The van der Waals surface area contributed by atoms with Gasteiger partial charge in [0.25, 0.3) is 0 Å². The van der Waals surface area contributed by atoms with E-state index in [9.17, 15) is 4.79 Å². The van der Waals surface area contributed by atoms with E-state index in [0.717, 1.165) is 35.5 Å². The number of rotatable bonds is 4. The first kappa shape index (κ1) is 15.4. The maximum Gasteiger partial charge on any atom is 0.227 e. The molecule has 2 N–H and O–H groups in total. The van der Waals surface area contributed by atoms with Crippen molar-refractivity contribution in [1.29, 1.82) is 0 Å². The zero-order chi connectivity index (χ0) is 16.2. The Kier molecular flexibility index (Phi) is 4.51. The lowest BCUT2D eigenvalue weighted by Crippen LogP contribution is -2.36. The second-order valence-corrected chi connectivity index (χ2v) is 5.85. The van der Waals surface area contributed by atoms with Crippen LogP contribution in [0.2, 0.25) is 0 Å². The lowest BCUT2D eigenvalue weighted by atomic mass is 9.98. The number of anilines is 1. The lowest BCUT2D eigenvalue weighted by molar-refractivity contribution is -0.131. The quantitative estimate of drug-likeness (QED) is 0.884. The van der Waals surface area contributed by atoms with Gasteiger partial charge in [-0.3, -0.25) is 4.79 Å². The number of hydrogen-bond donors (Lipinski definition) is 1. The summed E-state index contributed by atoms with van der Waals surface area (Å²) in [7, 11) is 0. The van der Waals surface area contributed by atoms with Crippen molar-refractivity contribution in [2.45, 2.75) is 26.3 Å². The highest BCUT2D eigenvalue weighted by molar-refractivity contribution is 5.79. The molecule has 1 heterocycles. The van der Waals surface area contributed by atoms with Crippen molar-refractivity contribution in [3.8, 4) is 5.75 Å². The van der Waals surface area contributed by atoms with E-state index < -0.39 is 0 Å². The second-order valence-electron chi connectivity index (χ2n) is 5.85. The van der Waals surface area contributed by atoms with Gasteiger partial charge in [0, 0.05) is 18.8 Å². The van der Waals surface area contributed by atoms with Gasteiger partial charge in [-0.05, 0) is 54.3 Å². The fraction of sp³-hybridized carbons (Fsp3) is 0.316. The van der Waals surface area contributed by atoms with Crippen LogP contribution in [0, 0.1) is 0 Å². The van der Waals surface area contributed by atoms with E-state index in [4.69, 9.17) is 10.5 Å². The zero-order valence-corrected chi connectivity index (χ0v) is 13.4. The fourth-order valence-electron chi connectivity index (χ4n) is 2.95. The minimum Gasteiger partial charge on any atom is -0.494 e. The second kappa shape index (κ2) is 6.73. The Bertz CT molecular complexity index is 695. The van der Waals surface area contributed by atoms with Crippen molar-refractivity contribution >= 4 is 11.6 Å². The van der Waals surface area contributed by atoms with Gasteiger partial charge in [-0.2, -0.15) is 0 Å². The van der Waals surface area contributed by atoms with E-state index in [1.165, 1.54) is 5.56 Å². The Hall–Kier alpha value is -2.49. The van der Waals surface area contributed by atoms with Gasteiger partial charge < -0.3 is 15.4 Å². The number of benzene rings is 2. The molecule has 23 heavy (non-hydrogen) atoms. The van der Waals surface area contributed by atoms with Crippen LogP contribution in [-0.4, -0.2) is 24.0 Å². The first-order valence-corrected chi connectivity index (χ1v) is 8.02. The van der Waals surface area contributed by atoms with Crippen molar-refractivity contribution in [3.63, 3.8) is 0 Å². The molecule has 0 saturated heterocycles. The van der Waals surface area contributed by atoms with Gasteiger partial charge in [-0.15, -0.1) is 0 Å². The molecule has 0 saturated carbocycles. The van der Waals surface area contributed by atoms with E-state index in [1.54, 1.807) is 0 Å². The van der Waals surface area contributed by atoms with Crippen LogP contribution in [0.1, 0.15) is 23.6 Å². The van der Waals surface area contributed by atoms with Gasteiger partial charge in [0.15, 0.2) is 0 Å². The normalized spacial score (nSPS) is 13.5. The van der Waals surface area contributed by atoms with Crippen LogP contribution in [0.5, 0.6) is 5.75 Å². The third kappa shape index (κ3) is 3.65. The summed E-state index contributed by atoms with van der Waals surface area (Å²) in [6.45, 7) is 4.02. The zero-order valence-electron chi connectivity index (χ0n) is 13.4. The number of amides is 1. The number of fused-ring (bicyclic) bond motifs is 1. The maximum atomic E-state index is 12.5. The van der Waals surface area contributed by atoms with Crippen molar-refractivity contribution in [2.24, 2.45) is 0 Å². The van der Waals surface area contributed by atoms with Crippen LogP contribution < -0.4 is 10.5 Å². The van der Waals surface area contributed by atoms with Crippen molar-refractivity contribution < 1.29 is 9.53 Å². The third-order valence-electron chi connectivity index (χ3n) is 4.18. The summed E-state index contributed by atoms with van der Waals surface area (Å²) in [6, 6.07) is 13.7. The summed E-state index contributed by atoms with van der Waals surface area (Å²) < 4.78 is 5.43. The number of nitrogen functional groups attached to an aromatic ring is 1. The maximum absolute atomic E-state index is 12.5. The first-order chi connectivity index (χ1) is 11.2. The number of carbonyl (C=O) groups is 1. The molecule has 0 bridgehead atoms. The molecule has 2 aromatic rings. The standard InChI is InChI=1S/C19H22N2O2/c1-2-23-18-7-3-14(4-8-18)11-19(22)21-10-9-15-5-6-17(20)12-16(15)13-21/h3-8,12H,2,9-11,13,20H2,1H3. The molecule has 1 aliphatic heterocycles. The Morgan fingerprint density at radius 2 is 1.96 bits per heavy atom. The molecule has 0 radical (unpaired) electrons. The Labute approximate surface area is 136 Å². The molecule has 0 spiro atoms. The Morgan fingerprint density at radius 3 is 2.70 bits per heavy atom. The number of nitrogens with zero attached hydrogens (tertiary/aromatic N) is 1. The smallest absolute Gasteiger partial charge is 0.227 e. The SMILES string of the molecule is CCOc1ccc(CC(=O)N2CCc3ccc(N)cc3C2)cc1. The predicted octanol–water partition coefficient (Wildman–Crippen LogP) is 2.79. The minimum atomic E-state index is 0.155. The minimum absolute atomic E-state index is 0.155. The number of hydrogen-bond acceptors (Lipinski definition) is 3. The highest BCUT2D eigenvalue weighted by atomic mass is 16.5. The van der Waals surface area contributed by atoms with Gasteiger partial charge in [0.2, 0.25) is 5.91 Å². The average molecular weight is 310 g/mol. The molecule has 3 rings (SSSR count). The highest BCUT2D eigenvalue weighted by Gasteiger charge is 2.20. The molecule has 0 unspecified atom stereocenters. The topological polar surface area (TPSA) is 55.6 Å². The van der Waals surface area contributed by atoms with Crippen molar-refractivity contribution in [1.82, 2.24) is 4.90 Å². The van der Waals surface area contributed by atoms with Gasteiger partial charge >= 0.3 is 0 Å². The van der Waals surface area contributed by atoms with Crippen LogP contribution in [-0.2, 0) is 24.2 Å². The van der Waals surface area contributed by atoms with Gasteiger partial charge in [-0.1, -0.05) is 18.2 Å². The molecular formula is C19H22N2O2. The molecule has 0 aromatic heterocycles. The fourth-order valence-corrected chi connectivity index (χ4v) is 2.95. The predicted molar refractivity (Wildman–Crippen MR) is 91.3 cm³/mol. The van der Waals surface area contributed by atoms with E-state index >= 15 is 0 Å². The molecule has 4 nitrogen and oxygen atoms in total. The van der Waals surface area contributed by atoms with Gasteiger partial charge in [0.05, 0.1) is 13.0 Å². The van der Waals surface area contributed by atoms with Gasteiger partial charge in [-0.25, -0.2) is 0 Å². The number of nitrogens with two attached hydrogens (primary N) is 1. The third-order valence-corrected chi connectivity index (χ3v) is 4.18. The summed E-state index contributed by atoms with van der Waals surface area (Å²) in [5.41, 5.74) is 10.1.